The van der Waals surface area contributed by atoms with Crippen molar-refractivity contribution in [3.8, 4) is 0 Å². The molecule has 3 N–H and O–H groups in total. The number of morpholine rings is 1. The maximum absolute atomic E-state index is 6.20. The second-order valence-electron chi connectivity index (χ2n) is 4.79. The Balaban J connectivity index is 1.89. The third kappa shape index (κ3) is 3.04. The summed E-state index contributed by atoms with van der Waals surface area (Å²) in [6.45, 7) is 2.82. The molecular weight excluding hydrogens is 325 g/mol. The summed E-state index contributed by atoms with van der Waals surface area (Å²) < 4.78 is 5.34. The van der Waals surface area contributed by atoms with Crippen LogP contribution in [0.2, 0.25) is 10.0 Å². The average Bonchev–Trinajstić information content (AvgIpc) is 2.54. The number of ether oxygens (including phenoxy) is 1. The number of hydrogen-bond acceptors (Lipinski definition) is 6. The molecule has 2 heterocycles. The number of halogens is 2. The van der Waals surface area contributed by atoms with E-state index < -0.39 is 0 Å². The minimum Gasteiger partial charge on any atom is -0.393 e. The SMILES string of the molecule is Nc1c(Nc2cccc(Cl)c2Cl)ncnc1N1CCOCC1. The van der Waals surface area contributed by atoms with Crippen LogP contribution in [-0.2, 0) is 4.74 Å². The quantitative estimate of drug-likeness (QED) is 0.895. The molecule has 116 valence electrons. The van der Waals surface area contributed by atoms with E-state index in [-0.39, 0.29) is 0 Å². The highest BCUT2D eigenvalue weighted by Crippen LogP contribution is 2.34. The van der Waals surface area contributed by atoms with Gasteiger partial charge in [0.25, 0.3) is 0 Å². The third-order valence-electron chi connectivity index (χ3n) is 3.38. The molecule has 22 heavy (non-hydrogen) atoms. The van der Waals surface area contributed by atoms with E-state index in [2.05, 4.69) is 20.2 Å². The van der Waals surface area contributed by atoms with Gasteiger partial charge in [0.1, 0.15) is 12.0 Å². The number of aromatic nitrogens is 2. The van der Waals surface area contributed by atoms with E-state index in [0.717, 1.165) is 13.1 Å². The van der Waals surface area contributed by atoms with Crippen molar-refractivity contribution in [2.45, 2.75) is 0 Å². The number of nitrogens with two attached hydrogens (primary N) is 1. The zero-order chi connectivity index (χ0) is 15.5. The summed E-state index contributed by atoms with van der Waals surface area (Å²) in [6.07, 6.45) is 1.47. The second kappa shape index (κ2) is 6.56. The van der Waals surface area contributed by atoms with Crippen LogP contribution in [0.4, 0.5) is 23.0 Å². The molecule has 1 aliphatic heterocycles. The molecular formula is C14H15Cl2N5O. The Morgan fingerprint density at radius 1 is 1.18 bits per heavy atom. The number of anilines is 4. The molecule has 1 aromatic heterocycles. The Morgan fingerprint density at radius 3 is 2.73 bits per heavy atom. The lowest BCUT2D eigenvalue weighted by molar-refractivity contribution is 0.122. The van der Waals surface area contributed by atoms with Crippen LogP contribution in [-0.4, -0.2) is 36.3 Å². The normalized spacial score (nSPS) is 14.9. The van der Waals surface area contributed by atoms with E-state index in [1.807, 2.05) is 6.07 Å². The number of nitrogens with one attached hydrogen (secondary N) is 1. The van der Waals surface area contributed by atoms with Gasteiger partial charge in [-0.05, 0) is 12.1 Å². The first-order chi connectivity index (χ1) is 10.7. The first kappa shape index (κ1) is 15.1. The standard InChI is InChI=1S/C14H15Cl2N5O/c15-9-2-1-3-10(11(9)16)20-13-12(17)14(19-8-18-13)21-4-6-22-7-5-21/h1-3,8H,4-7,17H2,(H,18,19,20). The van der Waals surface area contributed by atoms with Crippen molar-refractivity contribution in [2.24, 2.45) is 0 Å². The fourth-order valence-electron chi connectivity index (χ4n) is 2.24. The van der Waals surface area contributed by atoms with Gasteiger partial charge in [-0.2, -0.15) is 0 Å². The van der Waals surface area contributed by atoms with Gasteiger partial charge in [-0.3, -0.25) is 0 Å². The van der Waals surface area contributed by atoms with Crippen LogP contribution in [0.1, 0.15) is 0 Å². The Labute approximate surface area is 138 Å². The highest BCUT2D eigenvalue weighted by Gasteiger charge is 2.18. The molecule has 0 spiro atoms. The minimum atomic E-state index is 0.426. The molecule has 3 rings (SSSR count). The second-order valence-corrected chi connectivity index (χ2v) is 5.57. The monoisotopic (exact) mass is 339 g/mol. The highest BCUT2D eigenvalue weighted by molar-refractivity contribution is 6.43. The molecule has 0 aliphatic carbocycles. The smallest absolute Gasteiger partial charge is 0.159 e. The van der Waals surface area contributed by atoms with E-state index >= 15 is 0 Å². The van der Waals surface area contributed by atoms with Crippen molar-refractivity contribution in [3.05, 3.63) is 34.6 Å². The van der Waals surface area contributed by atoms with Gasteiger partial charge >= 0.3 is 0 Å². The largest absolute Gasteiger partial charge is 0.393 e. The van der Waals surface area contributed by atoms with Crippen LogP contribution >= 0.6 is 23.2 Å². The lowest BCUT2D eigenvalue weighted by Gasteiger charge is -2.29. The average molecular weight is 340 g/mol. The van der Waals surface area contributed by atoms with Crippen molar-refractivity contribution in [2.75, 3.05) is 42.3 Å². The van der Waals surface area contributed by atoms with Crippen LogP contribution in [0.5, 0.6) is 0 Å². The maximum Gasteiger partial charge on any atom is 0.159 e. The summed E-state index contributed by atoms with van der Waals surface area (Å²) >= 11 is 12.2. The summed E-state index contributed by atoms with van der Waals surface area (Å²) in [5.41, 5.74) is 7.32. The van der Waals surface area contributed by atoms with Crippen molar-refractivity contribution in [1.29, 1.82) is 0 Å². The zero-order valence-corrected chi connectivity index (χ0v) is 13.2. The summed E-state index contributed by atoms with van der Waals surface area (Å²) in [4.78, 5) is 10.5. The van der Waals surface area contributed by atoms with Gasteiger partial charge in [-0.25, -0.2) is 9.97 Å². The Kier molecular flexibility index (Phi) is 4.52. The molecule has 0 amide bonds. The van der Waals surface area contributed by atoms with Crippen LogP contribution in [0, 0.1) is 0 Å². The van der Waals surface area contributed by atoms with Crippen molar-refractivity contribution < 1.29 is 4.74 Å². The first-order valence-electron chi connectivity index (χ1n) is 6.81. The van der Waals surface area contributed by atoms with Gasteiger partial charge in [0.15, 0.2) is 11.6 Å². The predicted octanol–water partition coefficient (Wildman–Crippen LogP) is 2.95. The third-order valence-corrected chi connectivity index (χ3v) is 4.20. The van der Waals surface area contributed by atoms with Gasteiger partial charge in [-0.1, -0.05) is 29.3 Å². The lowest BCUT2D eigenvalue weighted by atomic mass is 10.3. The molecule has 1 saturated heterocycles. The highest BCUT2D eigenvalue weighted by atomic mass is 35.5. The van der Waals surface area contributed by atoms with Crippen molar-refractivity contribution in [3.63, 3.8) is 0 Å². The van der Waals surface area contributed by atoms with Gasteiger partial charge < -0.3 is 20.7 Å². The van der Waals surface area contributed by atoms with E-state index in [1.54, 1.807) is 12.1 Å². The Morgan fingerprint density at radius 2 is 1.95 bits per heavy atom. The Bertz CT molecular complexity index is 676. The molecule has 0 bridgehead atoms. The molecule has 0 atom stereocenters. The van der Waals surface area contributed by atoms with Gasteiger partial charge in [-0.15, -0.1) is 0 Å². The molecule has 0 radical (unpaired) electrons. The lowest BCUT2D eigenvalue weighted by Crippen LogP contribution is -2.37. The zero-order valence-electron chi connectivity index (χ0n) is 11.7. The number of nitrogen functional groups attached to an aromatic ring is 1. The number of hydrogen-bond donors (Lipinski definition) is 2. The van der Waals surface area contributed by atoms with Gasteiger partial charge in [0, 0.05) is 13.1 Å². The molecule has 0 unspecified atom stereocenters. The molecule has 6 nitrogen and oxygen atoms in total. The molecule has 0 saturated carbocycles. The molecule has 2 aromatic rings. The number of benzene rings is 1. The van der Waals surface area contributed by atoms with Crippen LogP contribution < -0.4 is 16.0 Å². The topological polar surface area (TPSA) is 76.3 Å². The van der Waals surface area contributed by atoms with Crippen molar-refractivity contribution in [1.82, 2.24) is 9.97 Å². The van der Waals surface area contributed by atoms with E-state index in [0.29, 0.717) is 46.3 Å². The summed E-state index contributed by atoms with van der Waals surface area (Å²) in [7, 11) is 0. The predicted molar refractivity (Wildman–Crippen MR) is 89.2 cm³/mol. The Hall–Kier alpha value is -1.76. The van der Waals surface area contributed by atoms with E-state index in [9.17, 15) is 0 Å². The fourth-order valence-corrected chi connectivity index (χ4v) is 2.59. The fraction of sp³-hybridized carbons (Fsp3) is 0.286. The van der Waals surface area contributed by atoms with E-state index in [1.165, 1.54) is 6.33 Å². The molecule has 1 fully saturated rings. The first-order valence-corrected chi connectivity index (χ1v) is 7.56. The number of nitrogens with zero attached hydrogens (tertiary/aromatic N) is 3. The van der Waals surface area contributed by atoms with Gasteiger partial charge in [0.05, 0.1) is 28.9 Å². The molecule has 1 aliphatic rings. The summed E-state index contributed by atoms with van der Waals surface area (Å²) in [5, 5.41) is 4.00. The van der Waals surface area contributed by atoms with Gasteiger partial charge in [0.2, 0.25) is 0 Å². The van der Waals surface area contributed by atoms with Crippen LogP contribution in [0.25, 0.3) is 0 Å². The number of rotatable bonds is 3. The van der Waals surface area contributed by atoms with Crippen molar-refractivity contribution >= 4 is 46.2 Å². The maximum atomic E-state index is 6.20. The van der Waals surface area contributed by atoms with Crippen LogP contribution in [0.15, 0.2) is 24.5 Å². The van der Waals surface area contributed by atoms with E-state index in [4.69, 9.17) is 33.7 Å². The molecule has 1 aromatic carbocycles. The summed E-state index contributed by atoms with van der Waals surface area (Å²) in [5.74, 6) is 1.19. The van der Waals surface area contributed by atoms with Crippen LogP contribution in [0.3, 0.4) is 0 Å². The molecule has 8 heteroatoms. The minimum absolute atomic E-state index is 0.426. The summed E-state index contributed by atoms with van der Waals surface area (Å²) in [6, 6.07) is 5.33.